The van der Waals surface area contributed by atoms with E-state index in [-0.39, 0.29) is 0 Å². The second-order valence-corrected chi connectivity index (χ2v) is 22.8. The first-order valence-electron chi connectivity index (χ1n) is 32.7. The third-order valence-electron chi connectivity index (χ3n) is 15.6. The van der Waals surface area contributed by atoms with Crippen molar-refractivity contribution in [2.75, 3.05) is 6.61 Å². The average molecular weight is 1020 g/mol. The van der Waals surface area contributed by atoms with Gasteiger partial charge in [0.05, 0.1) is 18.8 Å². The van der Waals surface area contributed by atoms with Crippen molar-refractivity contribution in [3.05, 3.63) is 24.3 Å². The summed E-state index contributed by atoms with van der Waals surface area (Å²) in [5, 5.41) is 44.1. The van der Waals surface area contributed by atoms with Crippen LogP contribution in [0.2, 0.25) is 0 Å². The van der Waals surface area contributed by atoms with E-state index in [4.69, 9.17) is 0 Å². The minimum atomic E-state index is -1.29. The Kier molecular flexibility index (Phi) is 59.6. The summed E-state index contributed by atoms with van der Waals surface area (Å²) in [5.41, 5.74) is 0. The lowest BCUT2D eigenvalue weighted by molar-refractivity contribution is -0.132. The first-order chi connectivity index (χ1) is 35.5. The van der Waals surface area contributed by atoms with Gasteiger partial charge in [-0.1, -0.05) is 334 Å². The molecule has 0 heterocycles. The van der Waals surface area contributed by atoms with Crippen molar-refractivity contribution in [3.63, 3.8) is 0 Å². The van der Waals surface area contributed by atoms with Gasteiger partial charge in [0.25, 0.3) is 0 Å². The number of carbonyl (C=O) groups excluding carboxylic acids is 1. The minimum absolute atomic E-state index is 0.365. The number of allylic oxidation sites excluding steroid dienone is 4. The SMILES string of the molecule is CCCCCCCCCCCCCCCCC/C=C/CC/C=C/CCCC(O)C(O)C(CO)NC(=O)C(O)CCCCCCCCCCCCCCCCCCCCCCCCCCCCCCCCCC. The molecule has 0 bridgehead atoms. The van der Waals surface area contributed by atoms with Gasteiger partial charge in [-0.3, -0.25) is 4.79 Å². The van der Waals surface area contributed by atoms with Crippen LogP contribution in [0.1, 0.15) is 361 Å². The molecule has 0 radical (unpaired) electrons. The zero-order chi connectivity index (χ0) is 52.3. The van der Waals surface area contributed by atoms with Gasteiger partial charge in [0.15, 0.2) is 0 Å². The topological polar surface area (TPSA) is 110 Å². The van der Waals surface area contributed by atoms with E-state index < -0.39 is 36.9 Å². The number of aliphatic hydroxyl groups excluding tert-OH is 4. The third-order valence-corrected chi connectivity index (χ3v) is 15.6. The second kappa shape index (κ2) is 60.7. The summed E-state index contributed by atoms with van der Waals surface area (Å²) in [7, 11) is 0. The van der Waals surface area contributed by atoms with Gasteiger partial charge in [-0.25, -0.2) is 0 Å². The maximum Gasteiger partial charge on any atom is 0.249 e. The molecule has 0 rings (SSSR count). The third kappa shape index (κ3) is 53.6. The average Bonchev–Trinajstić information content (AvgIpc) is 3.39. The Labute approximate surface area is 450 Å². The Hall–Kier alpha value is -1.21. The summed E-state index contributed by atoms with van der Waals surface area (Å²) in [6.07, 6.45) is 75.8. The minimum Gasteiger partial charge on any atom is -0.394 e. The molecule has 1 amide bonds. The lowest BCUT2D eigenvalue weighted by Gasteiger charge is -2.27. The molecule has 0 aromatic heterocycles. The number of hydrogen-bond donors (Lipinski definition) is 5. The largest absolute Gasteiger partial charge is 0.394 e. The Balaban J connectivity index is 3.58. The molecule has 0 aliphatic carbocycles. The Morgan fingerprint density at radius 1 is 0.333 bits per heavy atom. The first-order valence-corrected chi connectivity index (χ1v) is 32.7. The second-order valence-electron chi connectivity index (χ2n) is 22.8. The van der Waals surface area contributed by atoms with Gasteiger partial charge in [0, 0.05) is 0 Å². The van der Waals surface area contributed by atoms with Gasteiger partial charge in [-0.05, 0) is 51.4 Å². The highest BCUT2D eigenvalue weighted by Crippen LogP contribution is 2.19. The van der Waals surface area contributed by atoms with Gasteiger partial charge >= 0.3 is 0 Å². The highest BCUT2D eigenvalue weighted by atomic mass is 16.3. The van der Waals surface area contributed by atoms with Crippen LogP contribution in [0.5, 0.6) is 0 Å². The predicted octanol–water partition coefficient (Wildman–Crippen LogP) is 19.8. The monoisotopic (exact) mass is 1020 g/mol. The molecule has 0 aliphatic heterocycles. The molecule has 0 aliphatic rings. The molecule has 0 aromatic rings. The van der Waals surface area contributed by atoms with Crippen molar-refractivity contribution in [3.8, 4) is 0 Å². The molecule has 6 heteroatoms. The molecule has 72 heavy (non-hydrogen) atoms. The Morgan fingerprint density at radius 2 is 0.583 bits per heavy atom. The van der Waals surface area contributed by atoms with Crippen molar-refractivity contribution in [2.24, 2.45) is 0 Å². The Morgan fingerprint density at radius 3 is 0.875 bits per heavy atom. The van der Waals surface area contributed by atoms with Gasteiger partial charge in [-0.2, -0.15) is 0 Å². The first kappa shape index (κ1) is 70.8. The van der Waals surface area contributed by atoms with Crippen molar-refractivity contribution in [1.29, 1.82) is 0 Å². The van der Waals surface area contributed by atoms with Crippen LogP contribution in [0, 0.1) is 0 Å². The van der Waals surface area contributed by atoms with Gasteiger partial charge in [0.1, 0.15) is 12.2 Å². The molecule has 0 fully saturated rings. The number of carbonyl (C=O) groups is 1. The maximum absolute atomic E-state index is 12.6. The van der Waals surface area contributed by atoms with Crippen LogP contribution in [0.25, 0.3) is 0 Å². The van der Waals surface area contributed by atoms with Gasteiger partial charge in [0.2, 0.25) is 5.91 Å². The van der Waals surface area contributed by atoms with Crippen molar-refractivity contribution < 1.29 is 25.2 Å². The summed E-state index contributed by atoms with van der Waals surface area (Å²) in [6, 6.07) is -1.01. The van der Waals surface area contributed by atoms with E-state index in [0.29, 0.717) is 19.3 Å². The van der Waals surface area contributed by atoms with Gasteiger partial charge < -0.3 is 25.7 Å². The molecular formula is C66H129NO5. The van der Waals surface area contributed by atoms with Crippen molar-refractivity contribution >= 4 is 5.91 Å². The lowest BCUT2D eigenvalue weighted by Crippen LogP contribution is -2.53. The highest BCUT2D eigenvalue weighted by Gasteiger charge is 2.28. The summed E-state index contributed by atoms with van der Waals surface area (Å²) < 4.78 is 0. The standard InChI is InChI=1S/C66H129NO5/c1-3-5-7-9-11-13-15-17-19-21-23-25-27-29-30-31-32-33-34-35-36-38-40-42-44-46-48-50-52-54-56-58-60-64(70)66(72)67-62(61-68)65(71)63(69)59-57-55-53-51-49-47-45-43-41-39-37-28-26-24-22-20-18-16-14-12-10-8-6-4-2/h43,45,51,53,62-65,68-71H,3-42,44,46-50,52,54-61H2,1-2H3,(H,67,72)/b45-43+,53-51+. The molecule has 0 saturated carbocycles. The smallest absolute Gasteiger partial charge is 0.249 e. The number of rotatable bonds is 61. The van der Waals surface area contributed by atoms with Crippen molar-refractivity contribution in [1.82, 2.24) is 5.32 Å². The number of hydrogen-bond acceptors (Lipinski definition) is 5. The molecule has 428 valence electrons. The molecule has 4 unspecified atom stereocenters. The fourth-order valence-corrected chi connectivity index (χ4v) is 10.5. The lowest BCUT2D eigenvalue weighted by atomic mass is 10.00. The number of unbranched alkanes of at least 4 members (excludes halogenated alkanes) is 48. The highest BCUT2D eigenvalue weighted by molar-refractivity contribution is 5.80. The molecular weight excluding hydrogens is 887 g/mol. The van der Waals surface area contributed by atoms with Crippen LogP contribution in [-0.4, -0.2) is 57.3 Å². The fraction of sp³-hybridized carbons (Fsp3) is 0.924. The zero-order valence-corrected chi connectivity index (χ0v) is 48.7. The molecule has 0 saturated heterocycles. The summed E-state index contributed by atoms with van der Waals surface area (Å²) in [6.45, 7) is 4.09. The van der Waals surface area contributed by atoms with E-state index in [1.165, 1.54) is 289 Å². The van der Waals surface area contributed by atoms with E-state index >= 15 is 0 Å². The van der Waals surface area contributed by atoms with E-state index in [9.17, 15) is 25.2 Å². The molecule has 5 N–H and O–H groups in total. The van der Waals surface area contributed by atoms with E-state index in [1.54, 1.807) is 0 Å². The molecule has 4 atom stereocenters. The van der Waals surface area contributed by atoms with Crippen LogP contribution in [0.3, 0.4) is 0 Å². The Bertz CT molecular complexity index is 1100. The van der Waals surface area contributed by atoms with Crippen LogP contribution < -0.4 is 5.32 Å². The summed E-state index contributed by atoms with van der Waals surface area (Å²) in [5.74, 6) is -0.590. The van der Waals surface area contributed by atoms with Crippen LogP contribution in [0.4, 0.5) is 0 Å². The number of aliphatic hydroxyl groups is 4. The normalized spacial score (nSPS) is 13.7. The van der Waals surface area contributed by atoms with Crippen LogP contribution in [-0.2, 0) is 4.79 Å². The van der Waals surface area contributed by atoms with Crippen LogP contribution in [0.15, 0.2) is 24.3 Å². The predicted molar refractivity (Wildman–Crippen MR) is 316 cm³/mol. The summed E-state index contributed by atoms with van der Waals surface area (Å²) >= 11 is 0. The fourth-order valence-electron chi connectivity index (χ4n) is 10.5. The van der Waals surface area contributed by atoms with Gasteiger partial charge in [-0.15, -0.1) is 0 Å². The number of nitrogens with one attached hydrogen (secondary N) is 1. The quantitative estimate of drug-likeness (QED) is 0.0308. The van der Waals surface area contributed by atoms with E-state index in [1.807, 2.05) is 0 Å². The van der Waals surface area contributed by atoms with Crippen molar-refractivity contribution in [2.45, 2.75) is 385 Å². The molecule has 0 aromatic carbocycles. The molecule has 6 nitrogen and oxygen atoms in total. The van der Waals surface area contributed by atoms with E-state index in [2.05, 4.69) is 43.5 Å². The number of amides is 1. The van der Waals surface area contributed by atoms with E-state index in [0.717, 1.165) is 38.5 Å². The van der Waals surface area contributed by atoms with Crippen LogP contribution >= 0.6 is 0 Å². The maximum atomic E-state index is 12.6. The zero-order valence-electron chi connectivity index (χ0n) is 48.7. The summed E-state index contributed by atoms with van der Waals surface area (Å²) in [4.78, 5) is 12.6. The molecule has 0 spiro atoms.